The minimum Gasteiger partial charge on any atom is -0.508 e. The number of thiol groups is 1. The number of nitrogens with two attached hydrogens (primary N) is 1. The molecular formula is C20H30N4O7S2. The summed E-state index contributed by atoms with van der Waals surface area (Å²) in [7, 11) is 0. The van der Waals surface area contributed by atoms with Crippen molar-refractivity contribution in [1.82, 2.24) is 16.0 Å². The van der Waals surface area contributed by atoms with Crippen LogP contribution in [0.25, 0.3) is 0 Å². The number of carbonyl (C=O) groups excluding carboxylic acids is 3. The molecule has 8 N–H and O–H groups in total. The van der Waals surface area contributed by atoms with Crippen LogP contribution in [0.4, 0.5) is 0 Å². The highest BCUT2D eigenvalue weighted by Crippen LogP contribution is 2.12. The molecule has 3 amide bonds. The minimum atomic E-state index is -1.52. The average molecular weight is 503 g/mol. The molecule has 0 saturated heterocycles. The summed E-state index contributed by atoms with van der Waals surface area (Å²) >= 11 is 5.40. The van der Waals surface area contributed by atoms with E-state index in [1.54, 1.807) is 18.4 Å². The van der Waals surface area contributed by atoms with Gasteiger partial charge in [0.1, 0.15) is 23.9 Å². The molecule has 0 bridgehead atoms. The van der Waals surface area contributed by atoms with Gasteiger partial charge in [0.25, 0.3) is 0 Å². The van der Waals surface area contributed by atoms with E-state index in [1.807, 2.05) is 0 Å². The Balaban J connectivity index is 3.05. The van der Waals surface area contributed by atoms with Crippen LogP contribution >= 0.6 is 24.4 Å². The van der Waals surface area contributed by atoms with Gasteiger partial charge in [0.15, 0.2) is 0 Å². The Morgan fingerprint density at radius 1 is 1.00 bits per heavy atom. The molecule has 1 aromatic carbocycles. The number of carboxylic acids is 1. The fourth-order valence-electron chi connectivity index (χ4n) is 2.67. The number of hydrogen-bond donors (Lipinski definition) is 8. The fourth-order valence-corrected chi connectivity index (χ4v) is 3.31. The van der Waals surface area contributed by atoms with E-state index >= 15 is 0 Å². The lowest BCUT2D eigenvalue weighted by Gasteiger charge is -2.25. The van der Waals surface area contributed by atoms with Crippen LogP contribution in [0.5, 0.6) is 5.75 Å². The molecule has 0 heterocycles. The zero-order valence-electron chi connectivity index (χ0n) is 18.1. The van der Waals surface area contributed by atoms with Gasteiger partial charge in [0.05, 0.1) is 12.6 Å². The Kier molecular flexibility index (Phi) is 12.7. The van der Waals surface area contributed by atoms with E-state index in [1.165, 1.54) is 23.9 Å². The normalized spacial score (nSPS) is 14.4. The van der Waals surface area contributed by atoms with Crippen molar-refractivity contribution < 1.29 is 34.5 Å². The number of phenolic OH excluding ortho intramolecular Hbond substituents is 1. The third-order valence-electron chi connectivity index (χ3n) is 4.58. The SMILES string of the molecule is CSCCC(NC(=O)C(Cc1ccc(O)cc1)NC(=O)C(N)CS)C(=O)NC(CO)C(=O)O. The van der Waals surface area contributed by atoms with E-state index in [0.29, 0.717) is 11.3 Å². The van der Waals surface area contributed by atoms with Crippen LogP contribution in [0.1, 0.15) is 12.0 Å². The Hall–Kier alpha value is -2.48. The van der Waals surface area contributed by atoms with E-state index < -0.39 is 54.5 Å². The molecule has 0 aliphatic rings. The lowest BCUT2D eigenvalue weighted by Crippen LogP contribution is -2.58. The molecule has 13 heteroatoms. The summed E-state index contributed by atoms with van der Waals surface area (Å²) in [6.45, 7) is -0.814. The summed E-state index contributed by atoms with van der Waals surface area (Å²) in [5.74, 6) is -2.92. The first-order valence-electron chi connectivity index (χ1n) is 10.0. The largest absolute Gasteiger partial charge is 0.508 e. The summed E-state index contributed by atoms with van der Waals surface area (Å²) in [4.78, 5) is 49.1. The van der Waals surface area contributed by atoms with E-state index in [-0.39, 0.29) is 24.3 Å². The van der Waals surface area contributed by atoms with Crippen LogP contribution < -0.4 is 21.7 Å². The monoisotopic (exact) mass is 502 g/mol. The number of phenols is 1. The summed E-state index contributed by atoms with van der Waals surface area (Å²) in [6, 6.07) is 1.34. The zero-order valence-corrected chi connectivity index (χ0v) is 19.8. The summed E-state index contributed by atoms with van der Waals surface area (Å²) in [5, 5.41) is 35.0. The number of hydrogen-bond acceptors (Lipinski definition) is 9. The second-order valence-electron chi connectivity index (χ2n) is 7.15. The van der Waals surface area contributed by atoms with Gasteiger partial charge in [0.2, 0.25) is 17.7 Å². The second-order valence-corrected chi connectivity index (χ2v) is 8.50. The Morgan fingerprint density at radius 3 is 2.06 bits per heavy atom. The quantitative estimate of drug-likeness (QED) is 0.140. The van der Waals surface area contributed by atoms with Gasteiger partial charge in [0, 0.05) is 12.2 Å². The lowest BCUT2D eigenvalue weighted by atomic mass is 10.0. The number of benzene rings is 1. The molecule has 184 valence electrons. The van der Waals surface area contributed by atoms with Crippen molar-refractivity contribution in [3.05, 3.63) is 29.8 Å². The molecule has 4 unspecified atom stereocenters. The molecule has 0 radical (unpaired) electrons. The van der Waals surface area contributed by atoms with Crippen LogP contribution in [0.2, 0.25) is 0 Å². The number of aromatic hydroxyl groups is 1. The minimum absolute atomic E-state index is 0.0338. The molecule has 0 saturated carbocycles. The molecule has 1 aromatic rings. The van der Waals surface area contributed by atoms with Gasteiger partial charge in [-0.3, -0.25) is 14.4 Å². The smallest absolute Gasteiger partial charge is 0.328 e. The number of aliphatic carboxylic acids is 1. The third-order valence-corrected chi connectivity index (χ3v) is 5.62. The third kappa shape index (κ3) is 9.90. The van der Waals surface area contributed by atoms with Crippen molar-refractivity contribution in [3.8, 4) is 5.75 Å². The number of amides is 3. The van der Waals surface area contributed by atoms with Gasteiger partial charge in [-0.15, -0.1) is 0 Å². The van der Waals surface area contributed by atoms with Crippen molar-refractivity contribution in [2.24, 2.45) is 5.73 Å². The fraction of sp³-hybridized carbons (Fsp3) is 0.500. The predicted octanol–water partition coefficient (Wildman–Crippen LogP) is -1.52. The van der Waals surface area contributed by atoms with Crippen molar-refractivity contribution in [1.29, 1.82) is 0 Å². The van der Waals surface area contributed by atoms with Gasteiger partial charge in [-0.25, -0.2) is 4.79 Å². The van der Waals surface area contributed by atoms with Crippen LogP contribution in [0, 0.1) is 0 Å². The van der Waals surface area contributed by atoms with Crippen molar-refractivity contribution in [2.75, 3.05) is 24.4 Å². The second kappa shape index (κ2) is 14.6. The van der Waals surface area contributed by atoms with Crippen molar-refractivity contribution in [3.63, 3.8) is 0 Å². The predicted molar refractivity (Wildman–Crippen MR) is 127 cm³/mol. The number of thioether (sulfide) groups is 1. The van der Waals surface area contributed by atoms with Crippen LogP contribution in [-0.4, -0.2) is 87.5 Å². The standard InChI is InChI=1S/C20H30N4O7S2/c1-33-7-6-14(18(28)24-16(9-25)20(30)31)22-19(29)15(23-17(27)13(21)10-32)8-11-2-4-12(26)5-3-11/h2-5,13-16,25-26,32H,6-10,21H2,1H3,(H,22,29)(H,23,27)(H,24,28)(H,30,31). The molecule has 0 aromatic heterocycles. The van der Waals surface area contributed by atoms with Gasteiger partial charge in [-0.1, -0.05) is 12.1 Å². The maximum atomic E-state index is 13.0. The number of rotatable bonds is 14. The van der Waals surface area contributed by atoms with Crippen LogP contribution in [-0.2, 0) is 25.6 Å². The molecule has 0 aliphatic heterocycles. The van der Waals surface area contributed by atoms with Gasteiger partial charge in [-0.2, -0.15) is 24.4 Å². The highest BCUT2D eigenvalue weighted by molar-refractivity contribution is 7.98. The van der Waals surface area contributed by atoms with Crippen molar-refractivity contribution >= 4 is 48.1 Å². The van der Waals surface area contributed by atoms with Crippen molar-refractivity contribution in [2.45, 2.75) is 37.0 Å². The first-order valence-corrected chi connectivity index (χ1v) is 12.0. The van der Waals surface area contributed by atoms with E-state index in [0.717, 1.165) is 0 Å². The number of aliphatic hydroxyl groups is 1. The van der Waals surface area contributed by atoms with E-state index in [4.69, 9.17) is 15.9 Å². The highest BCUT2D eigenvalue weighted by Gasteiger charge is 2.30. The molecular weight excluding hydrogens is 472 g/mol. The van der Waals surface area contributed by atoms with Crippen LogP contribution in [0.3, 0.4) is 0 Å². The Labute approximate surface area is 201 Å². The maximum Gasteiger partial charge on any atom is 0.328 e. The first kappa shape index (κ1) is 28.6. The molecule has 0 aliphatic carbocycles. The van der Waals surface area contributed by atoms with Gasteiger partial charge >= 0.3 is 5.97 Å². The molecule has 11 nitrogen and oxygen atoms in total. The lowest BCUT2D eigenvalue weighted by molar-refractivity contribution is -0.143. The first-order chi connectivity index (χ1) is 15.6. The average Bonchev–Trinajstić information content (AvgIpc) is 2.79. The Morgan fingerprint density at radius 2 is 1.55 bits per heavy atom. The number of carbonyl (C=O) groups is 4. The summed E-state index contributed by atoms with van der Waals surface area (Å²) in [5.41, 5.74) is 6.32. The number of aliphatic hydroxyl groups excluding tert-OH is 1. The number of carboxylic acid groups (broad SMARTS) is 1. The highest BCUT2D eigenvalue weighted by atomic mass is 32.2. The Bertz CT molecular complexity index is 810. The maximum absolute atomic E-state index is 13.0. The molecule has 4 atom stereocenters. The van der Waals surface area contributed by atoms with Crippen LogP contribution in [0.15, 0.2) is 24.3 Å². The van der Waals surface area contributed by atoms with E-state index in [9.17, 15) is 24.3 Å². The van der Waals surface area contributed by atoms with Gasteiger partial charge in [-0.05, 0) is 36.1 Å². The molecule has 0 fully saturated rings. The molecule has 1 rings (SSSR count). The zero-order chi connectivity index (χ0) is 25.0. The number of nitrogens with one attached hydrogen (secondary N) is 3. The summed E-state index contributed by atoms with van der Waals surface area (Å²) in [6.07, 6.45) is 2.03. The van der Waals surface area contributed by atoms with Gasteiger partial charge < -0.3 is 37.0 Å². The molecule has 0 spiro atoms. The topological polar surface area (TPSA) is 191 Å². The summed E-state index contributed by atoms with van der Waals surface area (Å²) < 4.78 is 0. The molecule has 33 heavy (non-hydrogen) atoms. The van der Waals surface area contributed by atoms with E-state index in [2.05, 4.69) is 28.6 Å².